The highest BCUT2D eigenvalue weighted by molar-refractivity contribution is 5.61. The van der Waals surface area contributed by atoms with Gasteiger partial charge in [0.2, 0.25) is 0 Å². The van der Waals surface area contributed by atoms with E-state index in [4.69, 9.17) is 4.42 Å². The Morgan fingerprint density at radius 1 is 1.00 bits per heavy atom. The van der Waals surface area contributed by atoms with E-state index in [9.17, 15) is 0 Å². The summed E-state index contributed by atoms with van der Waals surface area (Å²) in [6, 6.07) is 17.7. The van der Waals surface area contributed by atoms with E-state index in [2.05, 4.69) is 70.7 Å². The van der Waals surface area contributed by atoms with Crippen molar-refractivity contribution in [2.75, 3.05) is 44.7 Å². The number of benzene rings is 1. The van der Waals surface area contributed by atoms with Crippen LogP contribution in [0.4, 0.5) is 5.69 Å². The maximum atomic E-state index is 6.29. The van der Waals surface area contributed by atoms with Crippen LogP contribution in [0.1, 0.15) is 22.9 Å². The van der Waals surface area contributed by atoms with Gasteiger partial charge in [-0.05, 0) is 54.9 Å². The van der Waals surface area contributed by atoms with E-state index in [1.165, 1.54) is 22.4 Å². The van der Waals surface area contributed by atoms with Crippen LogP contribution < -0.4 is 10.2 Å². The summed E-state index contributed by atoms with van der Waals surface area (Å²) in [7, 11) is 2.20. The molecule has 1 atom stereocenters. The van der Waals surface area contributed by atoms with Crippen LogP contribution in [-0.4, -0.2) is 44.7 Å². The molecule has 1 saturated heterocycles. The van der Waals surface area contributed by atoms with Gasteiger partial charge in [0.15, 0.2) is 0 Å². The molecule has 0 spiro atoms. The molecule has 0 saturated carbocycles. The average molecular weight is 347 g/mol. The first kappa shape index (κ1) is 15.9. The van der Waals surface area contributed by atoms with Gasteiger partial charge < -0.3 is 14.6 Å². The third-order valence-electron chi connectivity index (χ3n) is 5.81. The van der Waals surface area contributed by atoms with Crippen LogP contribution in [0.5, 0.6) is 0 Å². The first-order chi connectivity index (χ1) is 12.8. The van der Waals surface area contributed by atoms with Crippen LogP contribution in [-0.2, 0) is 6.42 Å². The quantitative estimate of drug-likeness (QED) is 0.770. The summed E-state index contributed by atoms with van der Waals surface area (Å²) >= 11 is 0. The maximum absolute atomic E-state index is 6.29. The lowest BCUT2D eigenvalue weighted by atomic mass is 9.90. The van der Waals surface area contributed by atoms with Crippen LogP contribution in [0.15, 0.2) is 52.9 Å². The van der Waals surface area contributed by atoms with Crippen molar-refractivity contribution >= 4 is 5.69 Å². The van der Waals surface area contributed by atoms with Crippen molar-refractivity contribution in [3.05, 3.63) is 65.4 Å². The minimum Gasteiger partial charge on any atom is -0.459 e. The molecule has 0 aromatic heterocycles. The molecule has 0 amide bonds. The standard InChI is InChI=1S/C22H25N3O/c1-24-12-9-16-5-7-18(25-13-10-23-11-14-25)15-19(16)22(24)21-8-6-17-3-2-4-20(17)26-21/h2-8,15,22-23H,9-14H2,1H3. The van der Waals surface area contributed by atoms with Gasteiger partial charge in [-0.15, -0.1) is 0 Å². The van der Waals surface area contributed by atoms with Crippen LogP contribution in [0, 0.1) is 0 Å². The predicted octanol–water partition coefficient (Wildman–Crippen LogP) is 3.37. The maximum Gasteiger partial charge on any atom is 0.134 e. The smallest absolute Gasteiger partial charge is 0.134 e. The van der Waals surface area contributed by atoms with Gasteiger partial charge in [0.05, 0.1) is 6.04 Å². The molecule has 3 aliphatic heterocycles. The summed E-state index contributed by atoms with van der Waals surface area (Å²) in [5.41, 5.74) is 5.34. The first-order valence-electron chi connectivity index (χ1n) is 9.57. The first-order valence-corrected chi connectivity index (χ1v) is 9.57. The van der Waals surface area contributed by atoms with Crippen molar-refractivity contribution in [2.24, 2.45) is 0 Å². The van der Waals surface area contributed by atoms with Crippen molar-refractivity contribution in [2.45, 2.75) is 12.5 Å². The van der Waals surface area contributed by atoms with Crippen molar-refractivity contribution in [3.8, 4) is 11.3 Å². The minimum atomic E-state index is 0.181. The molecule has 1 aromatic carbocycles. The van der Waals surface area contributed by atoms with Gasteiger partial charge in [-0.3, -0.25) is 4.90 Å². The van der Waals surface area contributed by atoms with E-state index in [0.717, 1.165) is 50.7 Å². The Labute approximate surface area is 154 Å². The molecule has 0 radical (unpaired) electrons. The number of fused-ring (bicyclic) bond motifs is 2. The zero-order valence-corrected chi connectivity index (χ0v) is 15.2. The van der Waals surface area contributed by atoms with Gasteiger partial charge in [0, 0.05) is 44.0 Å². The highest BCUT2D eigenvalue weighted by Gasteiger charge is 2.29. The van der Waals surface area contributed by atoms with E-state index in [1.54, 1.807) is 0 Å². The highest BCUT2D eigenvalue weighted by Crippen LogP contribution is 2.38. The Bertz CT molecular complexity index is 881. The SMILES string of the molecule is CN1CCc2ccc(N3CCNCC3)cc2C1c1ccc2cccc-2o1. The fourth-order valence-electron chi connectivity index (χ4n) is 4.35. The second kappa shape index (κ2) is 6.45. The minimum absolute atomic E-state index is 0.181. The molecule has 1 aromatic rings. The van der Waals surface area contributed by atoms with E-state index < -0.39 is 0 Å². The van der Waals surface area contributed by atoms with Crippen molar-refractivity contribution < 1.29 is 4.42 Å². The summed E-state index contributed by atoms with van der Waals surface area (Å²) < 4.78 is 6.29. The molecule has 4 nitrogen and oxygen atoms in total. The van der Waals surface area contributed by atoms with Gasteiger partial charge in [0.25, 0.3) is 0 Å². The third kappa shape index (κ3) is 2.70. The lowest BCUT2D eigenvalue weighted by Gasteiger charge is -2.36. The normalized spacial score (nSPS) is 21.1. The Morgan fingerprint density at radius 3 is 2.77 bits per heavy atom. The van der Waals surface area contributed by atoms with Gasteiger partial charge in [-0.25, -0.2) is 0 Å². The highest BCUT2D eigenvalue weighted by atomic mass is 16.3. The molecule has 1 N–H and O–H groups in total. The largest absolute Gasteiger partial charge is 0.459 e. The van der Waals surface area contributed by atoms with Gasteiger partial charge in [-0.2, -0.15) is 0 Å². The lowest BCUT2D eigenvalue weighted by Crippen LogP contribution is -2.43. The summed E-state index contributed by atoms with van der Waals surface area (Å²) in [5, 5.41) is 3.44. The van der Waals surface area contributed by atoms with Gasteiger partial charge >= 0.3 is 0 Å². The Balaban J connectivity index is 1.57. The number of likely N-dealkylation sites (N-methyl/N-ethyl adjacent to an activating group) is 1. The summed E-state index contributed by atoms with van der Waals surface area (Å²) in [5.74, 6) is 2.01. The van der Waals surface area contributed by atoms with E-state index in [0.29, 0.717) is 0 Å². The number of nitrogens with zero attached hydrogens (tertiary/aromatic N) is 2. The molecule has 1 unspecified atom stereocenters. The van der Waals surface area contributed by atoms with Crippen molar-refractivity contribution in [1.29, 1.82) is 0 Å². The van der Waals surface area contributed by atoms with Crippen LogP contribution in [0.25, 0.3) is 11.3 Å². The second-order valence-electron chi connectivity index (χ2n) is 7.44. The molecule has 5 rings (SSSR count). The molecule has 1 fully saturated rings. The molecule has 1 aliphatic carbocycles. The van der Waals surface area contributed by atoms with Gasteiger partial charge in [-0.1, -0.05) is 18.2 Å². The molecular formula is C22H25N3O. The fourth-order valence-corrected chi connectivity index (χ4v) is 4.35. The van der Waals surface area contributed by atoms with Crippen LogP contribution in [0.3, 0.4) is 0 Å². The Hall–Kier alpha value is -2.30. The lowest BCUT2D eigenvalue weighted by molar-refractivity contribution is 0.234. The fraction of sp³-hybridized carbons (Fsp3) is 0.364. The topological polar surface area (TPSA) is 31.6 Å². The summed E-state index contributed by atoms with van der Waals surface area (Å²) in [4.78, 5) is 4.90. The predicted molar refractivity (Wildman–Crippen MR) is 105 cm³/mol. The molecule has 134 valence electrons. The number of anilines is 1. The van der Waals surface area contributed by atoms with Crippen LogP contribution in [0.2, 0.25) is 0 Å². The monoisotopic (exact) mass is 347 g/mol. The summed E-state index contributed by atoms with van der Waals surface area (Å²) in [6.07, 6.45) is 1.10. The number of nitrogens with one attached hydrogen (secondary N) is 1. The molecule has 4 heteroatoms. The molecule has 3 heterocycles. The Morgan fingerprint density at radius 2 is 1.88 bits per heavy atom. The van der Waals surface area contributed by atoms with E-state index in [1.807, 2.05) is 0 Å². The second-order valence-corrected chi connectivity index (χ2v) is 7.44. The van der Waals surface area contributed by atoms with Crippen LogP contribution >= 0.6 is 0 Å². The molecular weight excluding hydrogens is 322 g/mol. The Kier molecular flexibility index (Phi) is 3.95. The third-order valence-corrected chi connectivity index (χ3v) is 5.81. The summed E-state index contributed by atoms with van der Waals surface area (Å²) in [6.45, 7) is 5.32. The zero-order valence-electron chi connectivity index (χ0n) is 15.2. The molecule has 4 aliphatic rings. The number of rotatable bonds is 2. The zero-order chi connectivity index (χ0) is 17.5. The van der Waals surface area contributed by atoms with Crippen molar-refractivity contribution in [1.82, 2.24) is 10.2 Å². The average Bonchev–Trinajstić information content (AvgIpc) is 3.16. The van der Waals surface area contributed by atoms with Crippen molar-refractivity contribution in [3.63, 3.8) is 0 Å². The molecule has 0 bridgehead atoms. The number of hydrogen-bond acceptors (Lipinski definition) is 4. The number of piperazine rings is 1. The molecule has 26 heavy (non-hydrogen) atoms. The van der Waals surface area contributed by atoms with Gasteiger partial charge in [0.1, 0.15) is 11.5 Å². The van der Waals surface area contributed by atoms with E-state index >= 15 is 0 Å². The van der Waals surface area contributed by atoms with E-state index in [-0.39, 0.29) is 6.04 Å². The number of hydrogen-bond donors (Lipinski definition) is 1.